The smallest absolute Gasteiger partial charge is 0.261 e. The molecule has 3 aromatic heterocycles. The molecule has 0 amide bonds. The van der Waals surface area contributed by atoms with E-state index in [1.807, 2.05) is 35.0 Å². The summed E-state index contributed by atoms with van der Waals surface area (Å²) in [7, 11) is 0. The lowest BCUT2D eigenvalue weighted by atomic mass is 10.2. The summed E-state index contributed by atoms with van der Waals surface area (Å²) < 4.78 is 16.5. The summed E-state index contributed by atoms with van der Waals surface area (Å²) in [5, 5.41) is 0.396. The van der Waals surface area contributed by atoms with Crippen LogP contribution in [0.5, 0.6) is 0 Å². The van der Waals surface area contributed by atoms with E-state index in [9.17, 15) is 9.18 Å². The Kier molecular flexibility index (Phi) is 2.75. The van der Waals surface area contributed by atoms with E-state index in [2.05, 4.69) is 9.97 Å². The lowest BCUT2D eigenvalue weighted by Crippen LogP contribution is -2.21. The van der Waals surface area contributed by atoms with Crippen molar-refractivity contribution in [3.05, 3.63) is 77.0 Å². The molecule has 0 aliphatic rings. The number of aromatic nitrogens is 4. The second-order valence-corrected chi connectivity index (χ2v) is 5.04. The summed E-state index contributed by atoms with van der Waals surface area (Å²) in [6.45, 7) is 0.320. The molecule has 6 heteroatoms. The van der Waals surface area contributed by atoms with Gasteiger partial charge in [-0.1, -0.05) is 6.07 Å². The van der Waals surface area contributed by atoms with Gasteiger partial charge < -0.3 is 4.40 Å². The van der Waals surface area contributed by atoms with Crippen molar-refractivity contribution in [2.45, 2.75) is 6.54 Å². The molecule has 5 nitrogen and oxygen atoms in total. The van der Waals surface area contributed by atoms with Crippen LogP contribution < -0.4 is 5.56 Å². The predicted molar refractivity (Wildman–Crippen MR) is 80.3 cm³/mol. The number of pyridine rings is 1. The monoisotopic (exact) mass is 294 g/mol. The fourth-order valence-corrected chi connectivity index (χ4v) is 2.48. The third kappa shape index (κ3) is 2.05. The molecule has 4 aromatic rings. The molecule has 4 rings (SSSR count). The van der Waals surface area contributed by atoms with Gasteiger partial charge in [0.2, 0.25) is 0 Å². The molecular weight excluding hydrogens is 283 g/mol. The van der Waals surface area contributed by atoms with Crippen molar-refractivity contribution in [3.63, 3.8) is 0 Å². The summed E-state index contributed by atoms with van der Waals surface area (Å²) in [5.41, 5.74) is 1.73. The first kappa shape index (κ1) is 12.7. The summed E-state index contributed by atoms with van der Waals surface area (Å²) >= 11 is 0. The highest BCUT2D eigenvalue weighted by Crippen LogP contribution is 2.10. The first-order valence-electron chi connectivity index (χ1n) is 6.78. The second-order valence-electron chi connectivity index (χ2n) is 5.04. The van der Waals surface area contributed by atoms with E-state index in [1.54, 1.807) is 0 Å². The third-order valence-corrected chi connectivity index (χ3v) is 3.53. The fourth-order valence-electron chi connectivity index (χ4n) is 2.48. The van der Waals surface area contributed by atoms with Crippen LogP contribution in [0.3, 0.4) is 0 Å². The van der Waals surface area contributed by atoms with Crippen LogP contribution >= 0.6 is 0 Å². The zero-order valence-corrected chi connectivity index (χ0v) is 11.5. The van der Waals surface area contributed by atoms with Crippen molar-refractivity contribution in [3.8, 4) is 0 Å². The van der Waals surface area contributed by atoms with Gasteiger partial charge in [0.25, 0.3) is 5.56 Å². The summed E-state index contributed by atoms with van der Waals surface area (Å²) in [5.74, 6) is -0.405. The van der Waals surface area contributed by atoms with Crippen molar-refractivity contribution >= 4 is 16.6 Å². The molecule has 108 valence electrons. The van der Waals surface area contributed by atoms with Crippen molar-refractivity contribution < 1.29 is 4.39 Å². The van der Waals surface area contributed by atoms with E-state index in [4.69, 9.17) is 0 Å². The Bertz CT molecular complexity index is 1020. The molecule has 0 unspecified atom stereocenters. The minimum Gasteiger partial charge on any atom is -0.307 e. The minimum absolute atomic E-state index is 0.206. The van der Waals surface area contributed by atoms with Gasteiger partial charge >= 0.3 is 0 Å². The van der Waals surface area contributed by atoms with Gasteiger partial charge in [0.05, 0.1) is 29.5 Å². The average molecular weight is 294 g/mol. The fraction of sp³-hybridized carbons (Fsp3) is 0.0625. The van der Waals surface area contributed by atoms with Gasteiger partial charge in [-0.15, -0.1) is 0 Å². The van der Waals surface area contributed by atoms with E-state index in [1.165, 1.54) is 29.1 Å². The number of benzene rings is 1. The van der Waals surface area contributed by atoms with Crippen molar-refractivity contribution in [2.75, 3.05) is 0 Å². The Morgan fingerprint density at radius 3 is 2.95 bits per heavy atom. The quantitative estimate of drug-likeness (QED) is 0.569. The number of rotatable bonds is 2. The first-order chi connectivity index (χ1) is 10.7. The number of fused-ring (bicyclic) bond motifs is 2. The highest BCUT2D eigenvalue weighted by Gasteiger charge is 2.07. The van der Waals surface area contributed by atoms with E-state index >= 15 is 0 Å². The molecule has 0 saturated heterocycles. The topological polar surface area (TPSA) is 52.2 Å². The zero-order valence-electron chi connectivity index (χ0n) is 11.5. The normalized spacial score (nSPS) is 11.3. The second kappa shape index (κ2) is 4.77. The SMILES string of the molecule is O=c1c2ccc(F)cc2ncn1Cc1cn2ccccc2n1. The van der Waals surface area contributed by atoms with Gasteiger partial charge in [-0.25, -0.2) is 14.4 Å². The Labute approximate surface area is 124 Å². The minimum atomic E-state index is -0.405. The Morgan fingerprint density at radius 2 is 2.09 bits per heavy atom. The van der Waals surface area contributed by atoms with Gasteiger partial charge in [-0.3, -0.25) is 9.36 Å². The number of hydrogen-bond donors (Lipinski definition) is 0. The Morgan fingerprint density at radius 1 is 1.18 bits per heavy atom. The van der Waals surface area contributed by atoms with E-state index < -0.39 is 5.82 Å². The molecule has 0 fully saturated rings. The van der Waals surface area contributed by atoms with Gasteiger partial charge in [-0.05, 0) is 24.3 Å². The zero-order chi connectivity index (χ0) is 15.1. The average Bonchev–Trinajstić information content (AvgIpc) is 2.92. The number of imidazole rings is 1. The van der Waals surface area contributed by atoms with Crippen LogP contribution in [0.25, 0.3) is 16.6 Å². The van der Waals surface area contributed by atoms with Crippen molar-refractivity contribution in [1.82, 2.24) is 18.9 Å². The molecule has 22 heavy (non-hydrogen) atoms. The summed E-state index contributed by atoms with van der Waals surface area (Å²) in [6, 6.07) is 9.70. The predicted octanol–water partition coefficient (Wildman–Crippen LogP) is 2.23. The van der Waals surface area contributed by atoms with Crippen LogP contribution in [-0.2, 0) is 6.54 Å². The summed E-state index contributed by atoms with van der Waals surface area (Å²) in [6.07, 6.45) is 5.20. The van der Waals surface area contributed by atoms with Gasteiger partial charge in [0.15, 0.2) is 0 Å². The molecule has 3 heterocycles. The van der Waals surface area contributed by atoms with E-state index in [0.29, 0.717) is 17.4 Å². The van der Waals surface area contributed by atoms with Gasteiger partial charge in [0.1, 0.15) is 11.5 Å². The number of nitrogens with zero attached hydrogens (tertiary/aromatic N) is 4. The van der Waals surface area contributed by atoms with Crippen molar-refractivity contribution in [2.24, 2.45) is 0 Å². The van der Waals surface area contributed by atoms with Crippen LogP contribution in [0.4, 0.5) is 4.39 Å². The van der Waals surface area contributed by atoms with Crippen LogP contribution in [0.2, 0.25) is 0 Å². The molecule has 0 radical (unpaired) electrons. The third-order valence-electron chi connectivity index (χ3n) is 3.53. The molecule has 0 N–H and O–H groups in total. The van der Waals surface area contributed by atoms with Crippen LogP contribution in [0.15, 0.2) is 59.9 Å². The van der Waals surface area contributed by atoms with Gasteiger partial charge in [-0.2, -0.15) is 0 Å². The Balaban J connectivity index is 1.79. The number of hydrogen-bond acceptors (Lipinski definition) is 3. The Hall–Kier alpha value is -3.02. The molecular formula is C16H11FN4O. The van der Waals surface area contributed by atoms with Crippen molar-refractivity contribution in [1.29, 1.82) is 0 Å². The largest absolute Gasteiger partial charge is 0.307 e. The molecule has 0 atom stereocenters. The molecule has 0 spiro atoms. The highest BCUT2D eigenvalue weighted by atomic mass is 19.1. The maximum atomic E-state index is 13.2. The van der Waals surface area contributed by atoms with Crippen LogP contribution in [0, 0.1) is 5.82 Å². The molecule has 1 aromatic carbocycles. The standard InChI is InChI=1S/C16H11FN4O/c17-11-4-5-13-14(7-11)18-10-21(16(13)22)9-12-8-20-6-2-1-3-15(20)19-12/h1-8,10H,9H2. The number of halogens is 1. The summed E-state index contributed by atoms with van der Waals surface area (Å²) in [4.78, 5) is 21.0. The molecule has 0 aliphatic carbocycles. The lowest BCUT2D eigenvalue weighted by molar-refractivity contribution is 0.629. The van der Waals surface area contributed by atoms with E-state index in [-0.39, 0.29) is 5.56 Å². The van der Waals surface area contributed by atoms with Crippen LogP contribution in [0.1, 0.15) is 5.69 Å². The van der Waals surface area contributed by atoms with Gasteiger partial charge in [0, 0.05) is 18.5 Å². The van der Waals surface area contributed by atoms with Crippen LogP contribution in [-0.4, -0.2) is 18.9 Å². The molecule has 0 saturated carbocycles. The maximum absolute atomic E-state index is 13.2. The highest BCUT2D eigenvalue weighted by molar-refractivity contribution is 5.77. The maximum Gasteiger partial charge on any atom is 0.261 e. The first-order valence-corrected chi connectivity index (χ1v) is 6.78. The lowest BCUT2D eigenvalue weighted by Gasteiger charge is -2.04. The molecule has 0 bridgehead atoms. The molecule has 0 aliphatic heterocycles. The van der Waals surface area contributed by atoms with E-state index in [0.717, 1.165) is 11.3 Å².